The molecule has 0 aromatic heterocycles. The monoisotopic (exact) mass is 470 g/mol. The van der Waals surface area contributed by atoms with Crippen LogP contribution in [-0.4, -0.2) is 71.9 Å². The Morgan fingerprint density at radius 2 is 1.76 bits per heavy atom. The van der Waals surface area contributed by atoms with Crippen molar-refractivity contribution in [2.75, 3.05) is 39.3 Å². The van der Waals surface area contributed by atoms with E-state index in [1.54, 1.807) is 4.90 Å². The minimum atomic E-state index is -0.476. The molecule has 0 bridgehead atoms. The molecule has 3 N–H and O–H groups in total. The second-order valence-electron chi connectivity index (χ2n) is 7.32. The van der Waals surface area contributed by atoms with Gasteiger partial charge in [-0.05, 0) is 39.5 Å². The molecule has 1 atom stereocenters. The third kappa shape index (κ3) is 9.48. The summed E-state index contributed by atoms with van der Waals surface area (Å²) < 4.78 is 5.39. The number of hydrogen-bond donors (Lipinski definition) is 2. The van der Waals surface area contributed by atoms with Gasteiger partial charge in [-0.25, -0.2) is 4.79 Å². The van der Waals surface area contributed by atoms with Crippen molar-refractivity contribution in [3.05, 3.63) is 0 Å². The summed E-state index contributed by atoms with van der Waals surface area (Å²) in [6.45, 7) is 11.1. The summed E-state index contributed by atoms with van der Waals surface area (Å²) in [5.74, 6) is 0.902. The van der Waals surface area contributed by atoms with Crippen LogP contribution in [0.25, 0.3) is 0 Å². The minimum Gasteiger partial charge on any atom is -0.444 e. The van der Waals surface area contributed by atoms with Crippen molar-refractivity contribution in [1.82, 2.24) is 9.80 Å². The lowest BCUT2D eigenvalue weighted by atomic mass is 10.0. The summed E-state index contributed by atoms with van der Waals surface area (Å²) >= 11 is 0. The van der Waals surface area contributed by atoms with E-state index in [1.807, 2.05) is 25.7 Å². The molecule has 1 fully saturated rings. The Kier molecular flexibility index (Phi) is 11.4. The van der Waals surface area contributed by atoms with Crippen molar-refractivity contribution in [2.24, 2.45) is 16.6 Å². The second kappa shape index (κ2) is 11.8. The van der Waals surface area contributed by atoms with E-state index in [0.717, 1.165) is 19.3 Å². The van der Waals surface area contributed by atoms with Gasteiger partial charge in [0.2, 0.25) is 0 Å². The second-order valence-corrected chi connectivity index (χ2v) is 7.32. The van der Waals surface area contributed by atoms with Gasteiger partial charge in [-0.1, -0.05) is 13.3 Å². The molecular formula is C17H35IN4O3. The fourth-order valence-electron chi connectivity index (χ4n) is 2.68. The van der Waals surface area contributed by atoms with E-state index in [-0.39, 0.29) is 36.7 Å². The van der Waals surface area contributed by atoms with Crippen LogP contribution in [0.5, 0.6) is 0 Å². The zero-order valence-electron chi connectivity index (χ0n) is 16.0. The smallest absolute Gasteiger partial charge is 0.410 e. The molecule has 1 saturated heterocycles. The predicted molar refractivity (Wildman–Crippen MR) is 111 cm³/mol. The predicted octanol–water partition coefficient (Wildman–Crippen LogP) is 2.27. The Bertz CT molecular complexity index is 413. The van der Waals surface area contributed by atoms with Gasteiger partial charge in [-0.15, -0.1) is 24.0 Å². The summed E-state index contributed by atoms with van der Waals surface area (Å²) in [7, 11) is 0. The molecule has 0 spiro atoms. The quantitative estimate of drug-likeness (QED) is 0.353. The highest BCUT2D eigenvalue weighted by atomic mass is 127. The Morgan fingerprint density at radius 1 is 1.20 bits per heavy atom. The first kappa shape index (κ1) is 24.2. The molecule has 1 amide bonds. The van der Waals surface area contributed by atoms with Crippen LogP contribution >= 0.6 is 24.0 Å². The topological polar surface area (TPSA) is 91.4 Å². The van der Waals surface area contributed by atoms with Crippen LogP contribution in [0.4, 0.5) is 4.79 Å². The van der Waals surface area contributed by atoms with Crippen molar-refractivity contribution in [1.29, 1.82) is 0 Å². The van der Waals surface area contributed by atoms with Crippen molar-refractivity contribution in [3.63, 3.8) is 0 Å². The average molecular weight is 470 g/mol. The number of hydrogen-bond acceptors (Lipinski definition) is 4. The Balaban J connectivity index is 0.00000576. The summed E-state index contributed by atoms with van der Waals surface area (Å²) in [6, 6.07) is 0. The van der Waals surface area contributed by atoms with E-state index in [9.17, 15) is 4.79 Å². The molecular weight excluding hydrogens is 435 g/mol. The minimum absolute atomic E-state index is 0. The number of aliphatic imine (C=N–C) groups is 1. The van der Waals surface area contributed by atoms with Crippen molar-refractivity contribution < 1.29 is 14.6 Å². The standard InChI is InChI=1S/C17H34N4O3.HI/c1-5-6-14(7-12-22)13-19-15(18)20-8-10-21(11-9-20)16(23)24-17(2,3)4;/h14,22H,5-13H2,1-4H3,(H2,18,19);1H. The normalized spacial score (nSPS) is 17.1. The molecule has 0 radical (unpaired) electrons. The molecule has 1 rings (SSSR count). The number of halogens is 1. The van der Waals surface area contributed by atoms with E-state index in [0.29, 0.717) is 44.6 Å². The molecule has 148 valence electrons. The lowest BCUT2D eigenvalue weighted by Crippen LogP contribution is -2.53. The Morgan fingerprint density at radius 3 is 2.24 bits per heavy atom. The number of guanidine groups is 1. The summed E-state index contributed by atoms with van der Waals surface area (Å²) in [4.78, 5) is 20.3. The van der Waals surface area contributed by atoms with E-state index < -0.39 is 5.60 Å². The molecule has 0 saturated carbocycles. The van der Waals surface area contributed by atoms with E-state index in [2.05, 4.69) is 11.9 Å². The first-order valence-electron chi connectivity index (χ1n) is 8.90. The molecule has 7 nitrogen and oxygen atoms in total. The molecule has 8 heteroatoms. The van der Waals surface area contributed by atoms with E-state index in [4.69, 9.17) is 15.6 Å². The van der Waals surface area contributed by atoms with Crippen molar-refractivity contribution in [3.8, 4) is 0 Å². The van der Waals surface area contributed by atoms with Crippen LogP contribution < -0.4 is 5.73 Å². The number of piperazine rings is 1. The summed E-state index contributed by atoms with van der Waals surface area (Å²) in [5.41, 5.74) is 5.61. The average Bonchev–Trinajstić information content (AvgIpc) is 2.51. The molecule has 0 aliphatic carbocycles. The fourth-order valence-corrected chi connectivity index (χ4v) is 2.68. The number of rotatable bonds is 6. The number of aliphatic hydroxyl groups is 1. The van der Waals surface area contributed by atoms with Gasteiger partial charge < -0.3 is 25.4 Å². The number of carbonyl (C=O) groups is 1. The van der Waals surface area contributed by atoms with Crippen LogP contribution in [0.15, 0.2) is 4.99 Å². The van der Waals surface area contributed by atoms with Gasteiger partial charge >= 0.3 is 6.09 Å². The lowest BCUT2D eigenvalue weighted by molar-refractivity contribution is 0.0186. The lowest BCUT2D eigenvalue weighted by Gasteiger charge is -2.36. The molecule has 1 aliphatic heterocycles. The Hall–Kier alpha value is -0.770. The number of amides is 1. The van der Waals surface area contributed by atoms with Gasteiger partial charge in [-0.3, -0.25) is 4.99 Å². The molecule has 25 heavy (non-hydrogen) atoms. The maximum Gasteiger partial charge on any atom is 0.410 e. The highest BCUT2D eigenvalue weighted by Crippen LogP contribution is 2.13. The third-order valence-corrected chi connectivity index (χ3v) is 4.00. The molecule has 1 aliphatic rings. The van der Waals surface area contributed by atoms with Crippen LogP contribution in [0.3, 0.4) is 0 Å². The van der Waals surface area contributed by atoms with Gasteiger partial charge in [0.1, 0.15) is 5.60 Å². The van der Waals surface area contributed by atoms with Crippen LogP contribution in [-0.2, 0) is 4.74 Å². The molecule has 0 aromatic carbocycles. The van der Waals surface area contributed by atoms with E-state index in [1.165, 1.54) is 0 Å². The largest absolute Gasteiger partial charge is 0.444 e. The fraction of sp³-hybridized carbons (Fsp3) is 0.882. The van der Waals surface area contributed by atoms with Crippen molar-refractivity contribution >= 4 is 36.0 Å². The van der Waals surface area contributed by atoms with Crippen LogP contribution in [0, 0.1) is 5.92 Å². The number of ether oxygens (including phenoxy) is 1. The van der Waals surface area contributed by atoms with Gasteiger partial charge in [-0.2, -0.15) is 0 Å². The molecule has 1 unspecified atom stereocenters. The van der Waals surface area contributed by atoms with Crippen LogP contribution in [0.2, 0.25) is 0 Å². The van der Waals surface area contributed by atoms with Crippen molar-refractivity contribution in [2.45, 2.75) is 52.6 Å². The highest BCUT2D eigenvalue weighted by Gasteiger charge is 2.26. The van der Waals surface area contributed by atoms with Crippen LogP contribution in [0.1, 0.15) is 47.0 Å². The zero-order valence-corrected chi connectivity index (χ0v) is 18.4. The van der Waals surface area contributed by atoms with Gasteiger partial charge in [0.05, 0.1) is 0 Å². The number of nitrogens with two attached hydrogens (primary N) is 1. The maximum absolute atomic E-state index is 12.0. The highest BCUT2D eigenvalue weighted by molar-refractivity contribution is 14.0. The number of aliphatic hydroxyl groups excluding tert-OH is 1. The van der Waals surface area contributed by atoms with E-state index >= 15 is 0 Å². The molecule has 1 heterocycles. The molecule has 0 aromatic rings. The third-order valence-electron chi connectivity index (χ3n) is 4.00. The van der Waals surface area contributed by atoms with Gasteiger partial charge in [0.25, 0.3) is 0 Å². The number of carbonyl (C=O) groups excluding carboxylic acids is 1. The van der Waals surface area contributed by atoms with Gasteiger partial charge in [0, 0.05) is 39.3 Å². The Labute approximate surface area is 169 Å². The number of nitrogens with zero attached hydrogens (tertiary/aromatic N) is 3. The van der Waals surface area contributed by atoms with Gasteiger partial charge in [0.15, 0.2) is 5.96 Å². The summed E-state index contributed by atoms with van der Waals surface area (Å²) in [5, 5.41) is 9.10. The maximum atomic E-state index is 12.0. The SMILES string of the molecule is CCCC(CCO)CN=C(N)N1CCN(C(=O)OC(C)(C)C)CC1.I. The first-order chi connectivity index (χ1) is 11.3. The summed E-state index contributed by atoms with van der Waals surface area (Å²) in [6.07, 6.45) is 2.61. The zero-order chi connectivity index (χ0) is 18.2. The first-order valence-corrected chi connectivity index (χ1v) is 8.90.